The zero-order valence-electron chi connectivity index (χ0n) is 7.52. The number of nitrogens with zero attached hydrogens (tertiary/aromatic N) is 1. The van der Waals surface area contributed by atoms with Crippen LogP contribution in [-0.4, -0.2) is 10.1 Å². The van der Waals surface area contributed by atoms with E-state index in [4.69, 9.17) is 5.11 Å². The molecule has 0 saturated heterocycles. The number of hydrogen-bond acceptors (Lipinski definition) is 2. The lowest BCUT2D eigenvalue weighted by Gasteiger charge is -2.12. The topological polar surface area (TPSA) is 33.1 Å². The highest BCUT2D eigenvalue weighted by molar-refractivity contribution is 14.1. The largest absolute Gasteiger partial charge is 0.434 e. The van der Waals surface area contributed by atoms with Crippen LogP contribution in [0.5, 0.6) is 0 Å². The van der Waals surface area contributed by atoms with E-state index in [1.54, 1.807) is 0 Å². The molecule has 1 heterocycles. The summed E-state index contributed by atoms with van der Waals surface area (Å²) < 4.78 is 61.4. The van der Waals surface area contributed by atoms with Crippen molar-refractivity contribution >= 4 is 22.6 Å². The Labute approximate surface area is 101 Å². The second kappa shape index (κ2) is 4.78. The van der Waals surface area contributed by atoms with Gasteiger partial charge in [0.25, 0.3) is 6.43 Å². The molecule has 0 aliphatic carbocycles. The first-order valence-corrected chi connectivity index (χ1v) is 5.00. The lowest BCUT2D eigenvalue weighted by molar-refractivity contribution is -0.142. The Hall–Kier alpha value is -0.510. The number of rotatable bonds is 2. The maximum absolute atomic E-state index is 12.4. The van der Waals surface area contributed by atoms with E-state index in [-0.39, 0.29) is 0 Å². The third-order valence-corrected chi connectivity index (χ3v) is 2.56. The molecule has 0 aromatic carbocycles. The fourth-order valence-corrected chi connectivity index (χ4v) is 1.82. The molecule has 0 radical (unpaired) electrons. The highest BCUT2D eigenvalue weighted by Crippen LogP contribution is 2.34. The molecule has 0 bridgehead atoms. The Morgan fingerprint density at radius 1 is 1.38 bits per heavy atom. The van der Waals surface area contributed by atoms with Gasteiger partial charge in [-0.1, -0.05) is 0 Å². The minimum atomic E-state index is -4.72. The second-order valence-electron chi connectivity index (χ2n) is 2.81. The molecule has 1 aromatic rings. The highest BCUT2D eigenvalue weighted by atomic mass is 127. The van der Waals surface area contributed by atoms with Gasteiger partial charge in [-0.3, -0.25) is 0 Å². The first-order valence-electron chi connectivity index (χ1n) is 3.93. The smallest absolute Gasteiger partial charge is 0.390 e. The van der Waals surface area contributed by atoms with Crippen molar-refractivity contribution in [3.05, 3.63) is 26.6 Å². The first-order chi connectivity index (χ1) is 7.27. The summed E-state index contributed by atoms with van der Waals surface area (Å²) in [5.41, 5.74) is -2.59. The monoisotopic (exact) mass is 353 g/mol. The maximum atomic E-state index is 12.4. The summed E-state index contributed by atoms with van der Waals surface area (Å²) in [5, 5.41) is 8.68. The van der Waals surface area contributed by atoms with Crippen molar-refractivity contribution in [2.24, 2.45) is 0 Å². The Balaban J connectivity index is 3.37. The molecule has 0 saturated carbocycles. The van der Waals surface area contributed by atoms with Gasteiger partial charge in [-0.05, 0) is 28.7 Å². The molecular weight excluding hydrogens is 348 g/mol. The molecule has 2 nitrogen and oxygen atoms in total. The Morgan fingerprint density at radius 2 is 1.94 bits per heavy atom. The van der Waals surface area contributed by atoms with Gasteiger partial charge < -0.3 is 5.11 Å². The van der Waals surface area contributed by atoms with Gasteiger partial charge in [0.2, 0.25) is 0 Å². The molecule has 0 aliphatic heterocycles. The Morgan fingerprint density at radius 3 is 2.31 bits per heavy atom. The summed E-state index contributed by atoms with van der Waals surface area (Å²) in [5.74, 6) is 0. The van der Waals surface area contributed by atoms with Crippen molar-refractivity contribution in [2.45, 2.75) is 19.2 Å². The van der Waals surface area contributed by atoms with Crippen molar-refractivity contribution in [1.29, 1.82) is 0 Å². The summed E-state index contributed by atoms with van der Waals surface area (Å²) in [6.07, 6.45) is -7.69. The van der Waals surface area contributed by atoms with Gasteiger partial charge in [-0.25, -0.2) is 13.8 Å². The van der Waals surface area contributed by atoms with Gasteiger partial charge in [0.05, 0.1) is 12.3 Å². The average molecular weight is 353 g/mol. The second-order valence-corrected chi connectivity index (χ2v) is 3.97. The zero-order chi connectivity index (χ0) is 12.5. The number of pyridine rings is 1. The van der Waals surface area contributed by atoms with Crippen molar-refractivity contribution in [3.63, 3.8) is 0 Å². The normalized spacial score (nSPS) is 12.2. The third kappa shape index (κ3) is 2.78. The summed E-state index contributed by atoms with van der Waals surface area (Å²) in [7, 11) is 0. The van der Waals surface area contributed by atoms with Crippen LogP contribution < -0.4 is 0 Å². The minimum Gasteiger partial charge on any atom is -0.390 e. The Kier molecular flexibility index (Phi) is 4.05. The summed E-state index contributed by atoms with van der Waals surface area (Å²) in [6, 6.07) is 0.687. The van der Waals surface area contributed by atoms with E-state index in [1.807, 2.05) is 0 Å². The summed E-state index contributed by atoms with van der Waals surface area (Å²) in [4.78, 5) is 3.02. The van der Waals surface area contributed by atoms with Crippen LogP contribution in [0.1, 0.15) is 23.4 Å². The van der Waals surface area contributed by atoms with Crippen LogP contribution in [0.25, 0.3) is 0 Å². The minimum absolute atomic E-state index is 0.419. The molecule has 0 unspecified atom stereocenters. The van der Waals surface area contributed by atoms with E-state index in [2.05, 4.69) is 4.98 Å². The van der Waals surface area contributed by atoms with E-state index >= 15 is 0 Å². The molecule has 1 aromatic heterocycles. The molecule has 90 valence electrons. The van der Waals surface area contributed by atoms with Crippen LogP contribution in [0.15, 0.2) is 6.07 Å². The molecule has 1 N–H and O–H groups in total. The van der Waals surface area contributed by atoms with E-state index in [9.17, 15) is 22.0 Å². The van der Waals surface area contributed by atoms with Gasteiger partial charge in [-0.2, -0.15) is 13.2 Å². The van der Waals surface area contributed by atoms with Crippen LogP contribution >= 0.6 is 22.6 Å². The fourth-order valence-electron chi connectivity index (χ4n) is 1.06. The van der Waals surface area contributed by atoms with Crippen molar-refractivity contribution in [1.82, 2.24) is 4.98 Å². The fraction of sp³-hybridized carbons (Fsp3) is 0.375. The predicted octanol–water partition coefficient (Wildman–Crippen LogP) is 3.13. The van der Waals surface area contributed by atoms with Crippen LogP contribution in [0.4, 0.5) is 22.0 Å². The van der Waals surface area contributed by atoms with E-state index in [0.717, 1.165) is 0 Å². The van der Waals surface area contributed by atoms with Gasteiger partial charge in [-0.15, -0.1) is 0 Å². The average Bonchev–Trinajstić information content (AvgIpc) is 2.15. The molecule has 0 spiro atoms. The van der Waals surface area contributed by atoms with Crippen molar-refractivity contribution < 1.29 is 27.1 Å². The molecular formula is C8H5F5INO. The number of hydrogen-bond donors (Lipinski definition) is 1. The molecule has 0 fully saturated rings. The third-order valence-electron chi connectivity index (χ3n) is 1.74. The SMILES string of the molecule is OCc1nc(C(F)(F)F)c(I)cc1C(F)F. The Bertz CT molecular complexity index is 393. The first kappa shape index (κ1) is 13.6. The number of aliphatic hydroxyl groups is 1. The van der Waals surface area contributed by atoms with Crippen LogP contribution in [-0.2, 0) is 12.8 Å². The van der Waals surface area contributed by atoms with Gasteiger partial charge >= 0.3 is 6.18 Å². The number of aromatic nitrogens is 1. The lowest BCUT2D eigenvalue weighted by atomic mass is 10.2. The molecule has 8 heteroatoms. The standard InChI is InChI=1S/C8H5F5INO/c9-7(10)3-1-4(14)6(8(11,12)13)15-5(3)2-16/h1,7,16H,2H2. The summed E-state index contributed by atoms with van der Waals surface area (Å²) >= 11 is 1.28. The van der Waals surface area contributed by atoms with Crippen molar-refractivity contribution in [2.75, 3.05) is 0 Å². The maximum Gasteiger partial charge on any atom is 0.434 e. The molecule has 0 atom stereocenters. The molecule has 0 aliphatic rings. The van der Waals surface area contributed by atoms with E-state index in [1.165, 1.54) is 22.6 Å². The number of halogens is 6. The van der Waals surface area contributed by atoms with Gasteiger partial charge in [0.1, 0.15) is 0 Å². The van der Waals surface area contributed by atoms with E-state index < -0.39 is 39.7 Å². The van der Waals surface area contributed by atoms with Crippen molar-refractivity contribution in [3.8, 4) is 0 Å². The quantitative estimate of drug-likeness (QED) is 0.655. The van der Waals surface area contributed by atoms with Crippen LogP contribution in [0, 0.1) is 3.57 Å². The number of alkyl halides is 5. The van der Waals surface area contributed by atoms with Crippen LogP contribution in [0.3, 0.4) is 0 Å². The predicted molar refractivity (Wildman–Crippen MR) is 52.8 cm³/mol. The summed E-state index contributed by atoms with van der Waals surface area (Å²) in [6.45, 7) is -0.959. The van der Waals surface area contributed by atoms with Gasteiger partial charge in [0.15, 0.2) is 5.69 Å². The van der Waals surface area contributed by atoms with E-state index in [0.29, 0.717) is 6.07 Å². The zero-order valence-corrected chi connectivity index (χ0v) is 9.68. The molecule has 1 rings (SSSR count). The van der Waals surface area contributed by atoms with Gasteiger partial charge in [0, 0.05) is 9.13 Å². The molecule has 16 heavy (non-hydrogen) atoms. The lowest BCUT2D eigenvalue weighted by Crippen LogP contribution is -2.14. The van der Waals surface area contributed by atoms with Crippen LogP contribution in [0.2, 0.25) is 0 Å². The number of aliphatic hydroxyl groups excluding tert-OH is 1. The highest BCUT2D eigenvalue weighted by Gasteiger charge is 2.36. The molecule has 0 amide bonds.